The Morgan fingerprint density at radius 2 is 1.72 bits per heavy atom. The first kappa shape index (κ1) is 15.5. The monoisotopic (exact) mass is 254 g/mol. The van der Waals surface area contributed by atoms with Crippen LogP contribution in [0.3, 0.4) is 0 Å². The molecule has 3 heteroatoms. The lowest BCUT2D eigenvalue weighted by Gasteiger charge is -2.28. The first-order chi connectivity index (χ1) is 8.50. The molecule has 1 fully saturated rings. The maximum absolute atomic E-state index is 11.8. The van der Waals surface area contributed by atoms with Gasteiger partial charge in [-0.05, 0) is 38.5 Å². The van der Waals surface area contributed by atoms with Crippen molar-refractivity contribution in [2.75, 3.05) is 6.54 Å². The molecular formula is C15H30N2O. The SMILES string of the molecule is CC(C)C(C)NC(=O)CN[C@@H](C)C1CCCCC1. The summed E-state index contributed by atoms with van der Waals surface area (Å²) < 4.78 is 0. The molecule has 2 atom stereocenters. The molecule has 0 aromatic carbocycles. The number of amides is 1. The molecule has 106 valence electrons. The molecule has 2 N–H and O–H groups in total. The van der Waals surface area contributed by atoms with Gasteiger partial charge in [0, 0.05) is 12.1 Å². The Morgan fingerprint density at radius 1 is 1.11 bits per heavy atom. The molecular weight excluding hydrogens is 224 g/mol. The third-order valence-electron chi connectivity index (χ3n) is 4.33. The Bertz CT molecular complexity index is 247. The van der Waals surface area contributed by atoms with Crippen molar-refractivity contribution in [3.05, 3.63) is 0 Å². The zero-order valence-electron chi connectivity index (χ0n) is 12.5. The normalized spacial score (nSPS) is 20.7. The lowest BCUT2D eigenvalue weighted by Crippen LogP contribution is -2.45. The zero-order chi connectivity index (χ0) is 13.5. The van der Waals surface area contributed by atoms with Crippen molar-refractivity contribution in [1.29, 1.82) is 0 Å². The highest BCUT2D eigenvalue weighted by Gasteiger charge is 2.20. The van der Waals surface area contributed by atoms with Crippen molar-refractivity contribution in [2.24, 2.45) is 11.8 Å². The molecule has 0 spiro atoms. The molecule has 0 saturated heterocycles. The van der Waals surface area contributed by atoms with Crippen LogP contribution in [-0.2, 0) is 4.79 Å². The Labute approximate surface area is 112 Å². The lowest BCUT2D eigenvalue weighted by atomic mass is 9.84. The minimum Gasteiger partial charge on any atom is -0.352 e. The number of carbonyl (C=O) groups excluding carboxylic acids is 1. The number of carbonyl (C=O) groups is 1. The van der Waals surface area contributed by atoms with Crippen molar-refractivity contribution in [3.63, 3.8) is 0 Å². The van der Waals surface area contributed by atoms with Gasteiger partial charge in [0.05, 0.1) is 6.54 Å². The molecule has 1 rings (SSSR count). The summed E-state index contributed by atoms with van der Waals surface area (Å²) in [6.07, 6.45) is 6.73. The minimum atomic E-state index is 0.124. The first-order valence-electron chi connectivity index (χ1n) is 7.53. The second-order valence-electron chi connectivity index (χ2n) is 6.17. The van der Waals surface area contributed by atoms with Crippen molar-refractivity contribution in [1.82, 2.24) is 10.6 Å². The van der Waals surface area contributed by atoms with Crippen LogP contribution in [0.1, 0.15) is 59.8 Å². The van der Waals surface area contributed by atoms with Gasteiger partial charge >= 0.3 is 0 Å². The molecule has 0 heterocycles. The highest BCUT2D eigenvalue weighted by atomic mass is 16.1. The van der Waals surface area contributed by atoms with E-state index in [2.05, 4.69) is 38.3 Å². The number of nitrogens with one attached hydrogen (secondary N) is 2. The average molecular weight is 254 g/mol. The standard InChI is InChI=1S/C15H30N2O/c1-11(2)12(3)17-15(18)10-16-13(4)14-8-6-5-7-9-14/h11-14,16H,5-10H2,1-4H3,(H,17,18)/t12?,13-/m0/s1. The number of hydrogen-bond acceptors (Lipinski definition) is 2. The van der Waals surface area contributed by atoms with E-state index in [9.17, 15) is 4.79 Å². The van der Waals surface area contributed by atoms with Gasteiger partial charge in [0.2, 0.25) is 5.91 Å². The fourth-order valence-electron chi connectivity index (χ4n) is 2.53. The van der Waals surface area contributed by atoms with Gasteiger partial charge in [-0.15, -0.1) is 0 Å². The van der Waals surface area contributed by atoms with Gasteiger partial charge in [-0.1, -0.05) is 33.1 Å². The van der Waals surface area contributed by atoms with E-state index in [-0.39, 0.29) is 11.9 Å². The van der Waals surface area contributed by atoms with E-state index >= 15 is 0 Å². The predicted molar refractivity (Wildman–Crippen MR) is 76.5 cm³/mol. The third-order valence-corrected chi connectivity index (χ3v) is 4.33. The zero-order valence-corrected chi connectivity index (χ0v) is 12.5. The third kappa shape index (κ3) is 5.38. The second kappa shape index (κ2) is 7.78. The van der Waals surface area contributed by atoms with Gasteiger partial charge in [0.25, 0.3) is 0 Å². The average Bonchev–Trinajstić information content (AvgIpc) is 2.36. The molecule has 0 aromatic rings. The largest absolute Gasteiger partial charge is 0.352 e. The van der Waals surface area contributed by atoms with Crippen LogP contribution in [0.5, 0.6) is 0 Å². The molecule has 0 radical (unpaired) electrons. The van der Waals surface area contributed by atoms with E-state index in [0.717, 1.165) is 5.92 Å². The van der Waals surface area contributed by atoms with Crippen molar-refractivity contribution >= 4 is 5.91 Å². The quantitative estimate of drug-likeness (QED) is 0.765. The van der Waals surface area contributed by atoms with Crippen LogP contribution in [0.15, 0.2) is 0 Å². The molecule has 0 aromatic heterocycles. The highest BCUT2D eigenvalue weighted by Crippen LogP contribution is 2.26. The van der Waals surface area contributed by atoms with E-state index in [1.165, 1.54) is 32.1 Å². The Morgan fingerprint density at radius 3 is 2.28 bits per heavy atom. The first-order valence-corrected chi connectivity index (χ1v) is 7.53. The Hall–Kier alpha value is -0.570. The van der Waals surface area contributed by atoms with E-state index in [1.807, 2.05) is 0 Å². The van der Waals surface area contributed by atoms with Gasteiger partial charge in [-0.25, -0.2) is 0 Å². The van der Waals surface area contributed by atoms with E-state index in [4.69, 9.17) is 0 Å². The molecule has 0 aliphatic heterocycles. The summed E-state index contributed by atoms with van der Waals surface area (Å²) >= 11 is 0. The molecule has 0 bridgehead atoms. The van der Waals surface area contributed by atoms with Gasteiger partial charge < -0.3 is 10.6 Å². The maximum atomic E-state index is 11.8. The summed E-state index contributed by atoms with van der Waals surface area (Å²) in [5, 5.41) is 6.42. The van der Waals surface area contributed by atoms with Gasteiger partial charge in [0.1, 0.15) is 0 Å². The van der Waals surface area contributed by atoms with E-state index < -0.39 is 0 Å². The lowest BCUT2D eigenvalue weighted by molar-refractivity contribution is -0.121. The number of hydrogen-bond donors (Lipinski definition) is 2. The summed E-state index contributed by atoms with van der Waals surface area (Å²) in [6.45, 7) is 8.99. The van der Waals surface area contributed by atoms with Gasteiger partial charge in [-0.2, -0.15) is 0 Å². The maximum Gasteiger partial charge on any atom is 0.234 e. The Kier molecular flexibility index (Phi) is 6.69. The molecule has 1 aliphatic rings. The van der Waals surface area contributed by atoms with Crippen LogP contribution in [0.4, 0.5) is 0 Å². The van der Waals surface area contributed by atoms with Gasteiger partial charge in [-0.3, -0.25) is 4.79 Å². The summed E-state index contributed by atoms with van der Waals surface area (Å²) in [7, 11) is 0. The Balaban J connectivity index is 2.20. The van der Waals surface area contributed by atoms with Crippen LogP contribution < -0.4 is 10.6 Å². The molecule has 18 heavy (non-hydrogen) atoms. The van der Waals surface area contributed by atoms with Crippen molar-refractivity contribution < 1.29 is 4.79 Å². The minimum absolute atomic E-state index is 0.124. The topological polar surface area (TPSA) is 41.1 Å². The van der Waals surface area contributed by atoms with Gasteiger partial charge in [0.15, 0.2) is 0 Å². The van der Waals surface area contributed by atoms with Crippen LogP contribution in [-0.4, -0.2) is 24.5 Å². The summed E-state index contributed by atoms with van der Waals surface area (Å²) in [4.78, 5) is 11.8. The smallest absolute Gasteiger partial charge is 0.234 e. The van der Waals surface area contributed by atoms with Crippen LogP contribution >= 0.6 is 0 Å². The molecule has 1 saturated carbocycles. The molecule has 1 aliphatic carbocycles. The summed E-state index contributed by atoms with van der Waals surface area (Å²) in [5.41, 5.74) is 0. The summed E-state index contributed by atoms with van der Waals surface area (Å²) in [6, 6.07) is 0.717. The summed E-state index contributed by atoms with van der Waals surface area (Å²) in [5.74, 6) is 1.37. The number of rotatable bonds is 6. The van der Waals surface area contributed by atoms with E-state index in [1.54, 1.807) is 0 Å². The molecule has 1 unspecified atom stereocenters. The highest BCUT2D eigenvalue weighted by molar-refractivity contribution is 5.78. The predicted octanol–water partition coefficient (Wildman–Crippen LogP) is 2.71. The van der Waals surface area contributed by atoms with Crippen LogP contribution in [0.2, 0.25) is 0 Å². The van der Waals surface area contributed by atoms with Crippen molar-refractivity contribution in [3.8, 4) is 0 Å². The fourth-order valence-corrected chi connectivity index (χ4v) is 2.53. The fraction of sp³-hybridized carbons (Fsp3) is 0.933. The van der Waals surface area contributed by atoms with Crippen molar-refractivity contribution in [2.45, 2.75) is 71.9 Å². The molecule has 1 amide bonds. The van der Waals surface area contributed by atoms with Crippen LogP contribution in [0.25, 0.3) is 0 Å². The molecule has 3 nitrogen and oxygen atoms in total. The van der Waals surface area contributed by atoms with E-state index in [0.29, 0.717) is 18.5 Å². The van der Waals surface area contributed by atoms with Crippen LogP contribution in [0, 0.1) is 11.8 Å². The second-order valence-corrected chi connectivity index (χ2v) is 6.17.